The Bertz CT molecular complexity index is 240. The molecule has 0 heterocycles. The molecule has 0 bridgehead atoms. The first-order valence-electron chi connectivity index (χ1n) is 4.15. The smallest absolute Gasteiger partial charge is 0.340 e. The van der Waals surface area contributed by atoms with Gasteiger partial charge in [0.2, 0.25) is 0 Å². The molecule has 0 radical (unpaired) electrons. The van der Waals surface area contributed by atoms with Crippen molar-refractivity contribution in [3.05, 3.63) is 11.8 Å². The highest BCUT2D eigenvalue weighted by Gasteiger charge is 2.17. The molecular weight excluding hydrogens is 170 g/mol. The van der Waals surface area contributed by atoms with Crippen LogP contribution in [0.5, 0.6) is 0 Å². The van der Waals surface area contributed by atoms with Crippen molar-refractivity contribution in [3.8, 4) is 0 Å². The maximum atomic E-state index is 10.5. The van der Waals surface area contributed by atoms with Gasteiger partial charge in [0.25, 0.3) is 0 Å². The number of nitrogens with two attached hydrogens (primary N) is 1. The van der Waals surface area contributed by atoms with Crippen molar-refractivity contribution in [1.29, 1.82) is 5.41 Å². The van der Waals surface area contributed by atoms with Gasteiger partial charge in [-0.25, -0.2) is 4.79 Å². The van der Waals surface area contributed by atoms with Gasteiger partial charge in [0, 0.05) is 12.2 Å². The number of amidine groups is 1. The normalized spacial score (nSPS) is 17.7. The highest BCUT2D eigenvalue weighted by Crippen LogP contribution is 2.17. The Morgan fingerprint density at radius 1 is 1.62 bits per heavy atom. The zero-order chi connectivity index (χ0) is 9.84. The first-order chi connectivity index (χ1) is 6.11. The van der Waals surface area contributed by atoms with Crippen molar-refractivity contribution in [3.63, 3.8) is 0 Å². The number of carbonyl (C=O) groups is 1. The monoisotopic (exact) mass is 183 g/mol. The zero-order valence-electron chi connectivity index (χ0n) is 7.21. The molecule has 0 atom stereocenters. The van der Waals surface area contributed by atoms with E-state index in [0.717, 1.165) is 12.8 Å². The molecule has 0 spiro atoms. The van der Waals surface area contributed by atoms with Crippen molar-refractivity contribution in [2.24, 2.45) is 5.73 Å². The van der Waals surface area contributed by atoms with Gasteiger partial charge in [0.05, 0.1) is 0 Å². The minimum atomic E-state index is -1.17. The Kier molecular flexibility index (Phi) is 2.89. The summed E-state index contributed by atoms with van der Waals surface area (Å²) in [7, 11) is 0. The van der Waals surface area contributed by atoms with Gasteiger partial charge in [0.15, 0.2) is 0 Å². The maximum Gasteiger partial charge on any atom is 0.340 e. The van der Waals surface area contributed by atoms with Crippen LogP contribution in [0.15, 0.2) is 11.8 Å². The Morgan fingerprint density at radius 3 is 2.54 bits per heavy atom. The van der Waals surface area contributed by atoms with Gasteiger partial charge in [-0.05, 0) is 19.3 Å². The summed E-state index contributed by atoms with van der Waals surface area (Å²) in [6.45, 7) is 0. The third-order valence-electron chi connectivity index (χ3n) is 2.09. The SMILES string of the molecule is N=C(N)/C(=C\NC1CCC1)C(=O)O. The van der Waals surface area contributed by atoms with Gasteiger partial charge in [-0.3, -0.25) is 5.41 Å². The van der Waals surface area contributed by atoms with Crippen LogP contribution in [0.4, 0.5) is 0 Å². The van der Waals surface area contributed by atoms with Crippen LogP contribution in [0, 0.1) is 5.41 Å². The number of hydrogen-bond acceptors (Lipinski definition) is 3. The summed E-state index contributed by atoms with van der Waals surface area (Å²) in [5.74, 6) is -1.58. The summed E-state index contributed by atoms with van der Waals surface area (Å²) in [5.41, 5.74) is 4.90. The molecule has 5 heteroatoms. The van der Waals surface area contributed by atoms with Crippen molar-refractivity contribution in [2.45, 2.75) is 25.3 Å². The van der Waals surface area contributed by atoms with Gasteiger partial charge in [-0.2, -0.15) is 0 Å². The summed E-state index contributed by atoms with van der Waals surface area (Å²) in [6, 6.07) is 0.355. The van der Waals surface area contributed by atoms with Crippen LogP contribution < -0.4 is 11.1 Å². The molecule has 1 saturated carbocycles. The fourth-order valence-electron chi connectivity index (χ4n) is 1.03. The Balaban J connectivity index is 2.52. The number of carboxylic acids is 1. The lowest BCUT2D eigenvalue weighted by Gasteiger charge is -2.25. The second-order valence-electron chi connectivity index (χ2n) is 3.07. The number of aliphatic carboxylic acids is 1. The molecule has 1 rings (SSSR count). The lowest BCUT2D eigenvalue weighted by Crippen LogP contribution is -2.33. The van der Waals surface area contributed by atoms with E-state index in [-0.39, 0.29) is 5.57 Å². The summed E-state index contributed by atoms with van der Waals surface area (Å²) < 4.78 is 0. The average molecular weight is 183 g/mol. The molecule has 5 nitrogen and oxygen atoms in total. The molecule has 0 aliphatic heterocycles. The summed E-state index contributed by atoms with van der Waals surface area (Å²) in [6.07, 6.45) is 4.60. The van der Waals surface area contributed by atoms with Crippen LogP contribution in [0.25, 0.3) is 0 Å². The molecule has 0 unspecified atom stereocenters. The van der Waals surface area contributed by atoms with E-state index in [0.29, 0.717) is 6.04 Å². The Hall–Kier alpha value is -1.52. The molecule has 0 saturated heterocycles. The van der Waals surface area contributed by atoms with E-state index >= 15 is 0 Å². The van der Waals surface area contributed by atoms with Crippen molar-refractivity contribution >= 4 is 11.8 Å². The summed E-state index contributed by atoms with van der Waals surface area (Å²) in [4.78, 5) is 10.5. The van der Waals surface area contributed by atoms with E-state index in [1.54, 1.807) is 0 Å². The number of rotatable bonds is 4. The first-order valence-corrected chi connectivity index (χ1v) is 4.15. The lowest BCUT2D eigenvalue weighted by atomic mass is 9.93. The van der Waals surface area contributed by atoms with Crippen molar-refractivity contribution in [2.75, 3.05) is 0 Å². The summed E-state index contributed by atoms with van der Waals surface area (Å²) in [5, 5.41) is 18.5. The molecule has 0 aromatic carbocycles. The quantitative estimate of drug-likeness (QED) is 0.281. The molecule has 0 amide bonds. The van der Waals surface area contributed by atoms with E-state index in [2.05, 4.69) is 5.32 Å². The fraction of sp³-hybridized carbons (Fsp3) is 0.500. The fourth-order valence-corrected chi connectivity index (χ4v) is 1.03. The van der Waals surface area contributed by atoms with E-state index in [1.165, 1.54) is 12.6 Å². The lowest BCUT2D eigenvalue weighted by molar-refractivity contribution is -0.132. The minimum Gasteiger partial charge on any atom is -0.478 e. The predicted octanol–water partition coefficient (Wildman–Crippen LogP) is 0.0330. The highest BCUT2D eigenvalue weighted by atomic mass is 16.4. The molecule has 1 aliphatic carbocycles. The van der Waals surface area contributed by atoms with Crippen LogP contribution in [0.1, 0.15) is 19.3 Å². The molecule has 5 N–H and O–H groups in total. The largest absolute Gasteiger partial charge is 0.478 e. The van der Waals surface area contributed by atoms with Crippen LogP contribution in [0.2, 0.25) is 0 Å². The number of hydrogen-bond donors (Lipinski definition) is 4. The minimum absolute atomic E-state index is 0.174. The Labute approximate surface area is 76.1 Å². The van der Waals surface area contributed by atoms with Crippen LogP contribution in [-0.4, -0.2) is 23.0 Å². The van der Waals surface area contributed by atoms with Gasteiger partial charge >= 0.3 is 5.97 Å². The van der Waals surface area contributed by atoms with E-state index in [9.17, 15) is 4.79 Å². The van der Waals surface area contributed by atoms with Crippen LogP contribution in [0.3, 0.4) is 0 Å². The molecular formula is C8H13N3O2. The average Bonchev–Trinajstić information content (AvgIpc) is 1.92. The van der Waals surface area contributed by atoms with Crippen molar-refractivity contribution < 1.29 is 9.90 Å². The molecule has 72 valence electrons. The molecule has 1 aliphatic rings. The third-order valence-corrected chi connectivity index (χ3v) is 2.09. The molecule has 13 heavy (non-hydrogen) atoms. The predicted molar refractivity (Wildman–Crippen MR) is 48.4 cm³/mol. The van der Waals surface area contributed by atoms with E-state index in [4.69, 9.17) is 16.2 Å². The van der Waals surface area contributed by atoms with Crippen molar-refractivity contribution in [1.82, 2.24) is 5.32 Å². The first kappa shape index (κ1) is 9.57. The van der Waals surface area contributed by atoms with Crippen LogP contribution >= 0.6 is 0 Å². The van der Waals surface area contributed by atoms with E-state index in [1.807, 2.05) is 0 Å². The number of nitrogens with one attached hydrogen (secondary N) is 2. The molecule has 0 aromatic heterocycles. The number of carboxylic acid groups (broad SMARTS) is 1. The van der Waals surface area contributed by atoms with Crippen LogP contribution in [-0.2, 0) is 4.79 Å². The third kappa shape index (κ3) is 2.47. The van der Waals surface area contributed by atoms with Gasteiger partial charge < -0.3 is 16.2 Å². The standard InChI is InChI=1S/C8H13N3O2/c9-7(10)6(8(12)13)4-11-5-2-1-3-5/h4-5,11H,1-3H2,(H3,9,10)(H,12,13)/b6-4+. The van der Waals surface area contributed by atoms with Gasteiger partial charge in [-0.1, -0.05) is 0 Å². The van der Waals surface area contributed by atoms with E-state index < -0.39 is 11.8 Å². The second-order valence-corrected chi connectivity index (χ2v) is 3.07. The maximum absolute atomic E-state index is 10.5. The zero-order valence-corrected chi connectivity index (χ0v) is 7.21. The Morgan fingerprint density at radius 2 is 2.23 bits per heavy atom. The second kappa shape index (κ2) is 3.93. The highest BCUT2D eigenvalue weighted by molar-refractivity contribution is 6.16. The molecule has 1 fully saturated rings. The van der Waals surface area contributed by atoms with Gasteiger partial charge in [0.1, 0.15) is 11.4 Å². The van der Waals surface area contributed by atoms with Gasteiger partial charge in [-0.15, -0.1) is 0 Å². The topological polar surface area (TPSA) is 99.2 Å². The molecule has 0 aromatic rings. The summed E-state index contributed by atoms with van der Waals surface area (Å²) >= 11 is 0.